The number of nitrogens with zero attached hydrogens (tertiary/aromatic N) is 1. The summed E-state index contributed by atoms with van der Waals surface area (Å²) in [6.45, 7) is 5.58. The van der Waals surface area contributed by atoms with Crippen LogP contribution in [-0.2, 0) is 27.9 Å². The van der Waals surface area contributed by atoms with Gasteiger partial charge in [0.05, 0.1) is 34.4 Å². The van der Waals surface area contributed by atoms with Gasteiger partial charge in [-0.05, 0) is 77.0 Å². The van der Waals surface area contributed by atoms with Crippen LogP contribution in [0.15, 0.2) is 48.6 Å². The highest BCUT2D eigenvalue weighted by molar-refractivity contribution is 7.47. The standard InChI is InChI=1S/C52H98NO7P/c1-6-8-10-12-14-16-18-20-22-24-25-26-27-28-29-30-31-33-35-37-39-41-43-45-52(54)60-51(50-59-61(55,56)58-48-46-53(3,4)5)49-57-47-44-42-40-38-36-34-32-23-21-19-17-15-13-11-9-7-2/h15,17-18,20-21,23-25,51H,6-14,16,19,22,26-50H2,1-5H3/p+1/b17-15-,20-18-,23-21-,25-24-. The number of quaternary nitrogens is 1. The Hall–Kier alpha value is -1.54. The smallest absolute Gasteiger partial charge is 0.457 e. The number of hydrogen-bond donors (Lipinski definition) is 1. The Morgan fingerprint density at radius 2 is 0.902 bits per heavy atom. The van der Waals surface area contributed by atoms with Crippen molar-refractivity contribution >= 4 is 13.8 Å². The van der Waals surface area contributed by atoms with Gasteiger partial charge in [0.1, 0.15) is 19.3 Å². The van der Waals surface area contributed by atoms with Crippen molar-refractivity contribution in [1.82, 2.24) is 0 Å². The molecule has 358 valence electrons. The maximum absolute atomic E-state index is 12.8. The lowest BCUT2D eigenvalue weighted by Gasteiger charge is -2.24. The van der Waals surface area contributed by atoms with E-state index in [1.54, 1.807) is 0 Å². The Kier molecular flexibility index (Phi) is 43.9. The lowest BCUT2D eigenvalue weighted by molar-refractivity contribution is -0.870. The van der Waals surface area contributed by atoms with Crippen molar-refractivity contribution in [2.75, 3.05) is 54.1 Å². The molecule has 0 spiro atoms. The second-order valence-electron chi connectivity index (χ2n) is 18.2. The monoisotopic (exact) mass is 881 g/mol. The van der Waals surface area contributed by atoms with Crippen molar-refractivity contribution in [3.8, 4) is 0 Å². The van der Waals surface area contributed by atoms with Crippen molar-refractivity contribution in [2.24, 2.45) is 0 Å². The molecular formula is C52H99NO7P+. The molecule has 0 aliphatic heterocycles. The summed E-state index contributed by atoms with van der Waals surface area (Å²) in [7, 11) is 1.66. The van der Waals surface area contributed by atoms with Crippen molar-refractivity contribution in [3.63, 3.8) is 0 Å². The first-order valence-corrected chi connectivity index (χ1v) is 26.9. The summed E-state index contributed by atoms with van der Waals surface area (Å²) in [5.41, 5.74) is 0. The molecule has 2 unspecified atom stereocenters. The maximum atomic E-state index is 12.8. The summed E-state index contributed by atoms with van der Waals surface area (Å²) in [5, 5.41) is 0. The van der Waals surface area contributed by atoms with Gasteiger partial charge in [-0.1, -0.05) is 184 Å². The first-order chi connectivity index (χ1) is 29.6. The summed E-state index contributed by atoms with van der Waals surface area (Å²) >= 11 is 0. The highest BCUT2D eigenvalue weighted by Crippen LogP contribution is 2.43. The summed E-state index contributed by atoms with van der Waals surface area (Å²) in [4.78, 5) is 23.0. The Bertz CT molecular complexity index is 1120. The van der Waals surface area contributed by atoms with Crippen LogP contribution >= 0.6 is 7.82 Å². The zero-order valence-corrected chi connectivity index (χ0v) is 41.5. The van der Waals surface area contributed by atoms with Gasteiger partial charge in [-0.2, -0.15) is 0 Å². The fourth-order valence-electron chi connectivity index (χ4n) is 6.91. The van der Waals surface area contributed by atoms with Crippen molar-refractivity contribution in [3.05, 3.63) is 48.6 Å². The van der Waals surface area contributed by atoms with E-state index < -0.39 is 13.9 Å². The topological polar surface area (TPSA) is 91.3 Å². The maximum Gasteiger partial charge on any atom is 0.472 e. The SMILES string of the molecule is CCCCC/C=C\C/C=C\CCCCCCCCOCC(COP(=O)(O)OCC[N+](C)(C)C)OC(=O)CCCCCCCCCCCCC/C=C\C/C=C\CCCCCCC. The van der Waals surface area contributed by atoms with Crippen LogP contribution in [0.3, 0.4) is 0 Å². The van der Waals surface area contributed by atoms with Crippen LogP contribution in [0.5, 0.6) is 0 Å². The molecule has 0 saturated carbocycles. The van der Waals surface area contributed by atoms with Gasteiger partial charge in [-0.25, -0.2) is 4.57 Å². The Morgan fingerprint density at radius 1 is 0.508 bits per heavy atom. The number of likely N-dealkylation sites (N-methyl/N-ethyl adjacent to an activating group) is 1. The van der Waals surface area contributed by atoms with Crippen LogP contribution in [0, 0.1) is 0 Å². The quantitative estimate of drug-likeness (QED) is 0.0214. The normalized spacial score (nSPS) is 14.0. The summed E-state index contributed by atoms with van der Waals surface area (Å²) in [5.74, 6) is -0.319. The molecule has 8 nitrogen and oxygen atoms in total. The molecule has 0 aromatic heterocycles. The van der Waals surface area contributed by atoms with Gasteiger partial charge in [-0.3, -0.25) is 13.8 Å². The first-order valence-electron chi connectivity index (χ1n) is 25.4. The van der Waals surface area contributed by atoms with Crippen LogP contribution in [0.25, 0.3) is 0 Å². The van der Waals surface area contributed by atoms with E-state index in [-0.39, 0.29) is 25.8 Å². The number of esters is 1. The molecule has 1 N–H and O–H groups in total. The summed E-state index contributed by atoms with van der Waals surface area (Å²) in [6, 6.07) is 0. The van der Waals surface area contributed by atoms with Gasteiger partial charge < -0.3 is 18.9 Å². The number of unbranched alkanes of at least 4 members (excludes halogenated alkanes) is 25. The second-order valence-corrected chi connectivity index (χ2v) is 19.6. The van der Waals surface area contributed by atoms with Gasteiger partial charge >= 0.3 is 13.8 Å². The van der Waals surface area contributed by atoms with Crippen LogP contribution in [-0.4, -0.2) is 75.6 Å². The second kappa shape index (κ2) is 45.0. The Balaban J connectivity index is 4.15. The van der Waals surface area contributed by atoms with E-state index in [4.69, 9.17) is 18.5 Å². The molecule has 0 radical (unpaired) electrons. The molecule has 0 fully saturated rings. The summed E-state index contributed by atoms with van der Waals surface area (Å²) < 4.78 is 35.1. The van der Waals surface area contributed by atoms with E-state index in [2.05, 4.69) is 62.5 Å². The summed E-state index contributed by atoms with van der Waals surface area (Å²) in [6.07, 6.45) is 55.8. The van der Waals surface area contributed by atoms with E-state index in [0.29, 0.717) is 24.1 Å². The molecule has 0 aliphatic rings. The minimum Gasteiger partial charge on any atom is -0.457 e. The molecule has 2 atom stereocenters. The van der Waals surface area contributed by atoms with Gasteiger partial charge in [0, 0.05) is 13.0 Å². The number of allylic oxidation sites excluding steroid dienone is 8. The molecule has 0 bridgehead atoms. The molecule has 0 amide bonds. The van der Waals surface area contributed by atoms with Gasteiger partial charge in [0.15, 0.2) is 0 Å². The van der Waals surface area contributed by atoms with Crippen molar-refractivity contribution in [1.29, 1.82) is 0 Å². The van der Waals surface area contributed by atoms with Crippen LogP contribution < -0.4 is 0 Å². The molecule has 0 aliphatic carbocycles. The van der Waals surface area contributed by atoms with Gasteiger partial charge in [-0.15, -0.1) is 0 Å². The highest BCUT2D eigenvalue weighted by Gasteiger charge is 2.26. The van der Waals surface area contributed by atoms with Crippen LogP contribution in [0.4, 0.5) is 0 Å². The largest absolute Gasteiger partial charge is 0.472 e. The number of phosphoric acid groups is 1. The number of carbonyl (C=O) groups excluding carboxylic acids is 1. The average Bonchev–Trinajstić information content (AvgIpc) is 3.22. The van der Waals surface area contributed by atoms with Crippen LogP contribution in [0.2, 0.25) is 0 Å². The lowest BCUT2D eigenvalue weighted by atomic mass is 10.0. The lowest BCUT2D eigenvalue weighted by Crippen LogP contribution is -2.37. The number of phosphoric ester groups is 1. The molecule has 0 heterocycles. The van der Waals surface area contributed by atoms with Gasteiger partial charge in [0.2, 0.25) is 0 Å². The molecule has 0 aromatic rings. The van der Waals surface area contributed by atoms with E-state index in [0.717, 1.165) is 51.4 Å². The zero-order valence-electron chi connectivity index (χ0n) is 40.7. The molecule has 0 rings (SSSR count). The third kappa shape index (κ3) is 49.3. The van der Waals surface area contributed by atoms with Gasteiger partial charge in [0.25, 0.3) is 0 Å². The van der Waals surface area contributed by atoms with Crippen LogP contribution in [0.1, 0.15) is 219 Å². The van der Waals surface area contributed by atoms with Crippen molar-refractivity contribution in [2.45, 2.75) is 225 Å². The number of ether oxygens (including phenoxy) is 2. The van der Waals surface area contributed by atoms with Crippen molar-refractivity contribution < 1.29 is 37.3 Å². The Labute approximate surface area is 378 Å². The third-order valence-corrected chi connectivity index (χ3v) is 11.8. The number of rotatable bonds is 47. The fraction of sp³-hybridized carbons (Fsp3) is 0.827. The molecule has 61 heavy (non-hydrogen) atoms. The molecule has 0 aromatic carbocycles. The fourth-order valence-corrected chi connectivity index (χ4v) is 7.65. The predicted octanol–water partition coefficient (Wildman–Crippen LogP) is 15.5. The predicted molar refractivity (Wildman–Crippen MR) is 261 cm³/mol. The van der Waals surface area contributed by atoms with E-state index >= 15 is 0 Å². The minimum absolute atomic E-state index is 0.0851. The third-order valence-electron chi connectivity index (χ3n) is 10.9. The Morgan fingerprint density at radius 3 is 1.36 bits per heavy atom. The molecular weight excluding hydrogens is 782 g/mol. The first kappa shape index (κ1) is 59.5. The van der Waals surface area contributed by atoms with E-state index in [1.807, 2.05) is 21.1 Å². The highest BCUT2D eigenvalue weighted by atomic mass is 31.2. The number of hydrogen-bond acceptors (Lipinski definition) is 6. The van der Waals surface area contributed by atoms with E-state index in [1.165, 1.54) is 148 Å². The van der Waals surface area contributed by atoms with E-state index in [9.17, 15) is 14.3 Å². The minimum atomic E-state index is -4.28. The number of carbonyl (C=O) groups is 1. The molecule has 9 heteroatoms. The molecule has 0 saturated heterocycles. The zero-order chi connectivity index (χ0) is 44.8. The average molecular weight is 881 g/mol.